The molecule has 0 spiro atoms. The molecule has 2 aromatic heterocycles. The molecule has 1 fully saturated rings. The van der Waals surface area contributed by atoms with E-state index in [2.05, 4.69) is 56.3 Å². The maximum absolute atomic E-state index is 13.1. The van der Waals surface area contributed by atoms with Crippen molar-refractivity contribution < 1.29 is 13.5 Å². The third kappa shape index (κ3) is 6.27. The maximum Gasteiger partial charge on any atom is 0.263 e. The Morgan fingerprint density at radius 2 is 1.92 bits per heavy atom. The molecule has 10 heteroatoms. The summed E-state index contributed by atoms with van der Waals surface area (Å²) in [5.41, 5.74) is 2.84. The molecular weight excluding hydrogens is 542 g/mol. The molecule has 4 rings (SSSR count). The fraction of sp³-hybridized carbons (Fsp3) is 0.538. The lowest BCUT2D eigenvalue weighted by atomic mass is 9.88. The van der Waals surface area contributed by atoms with Crippen LogP contribution in [0.25, 0.3) is 11.0 Å². The van der Waals surface area contributed by atoms with Gasteiger partial charge in [0.2, 0.25) is 0 Å². The molecule has 1 saturated carbocycles. The smallest absolute Gasteiger partial charge is 0.263 e. The van der Waals surface area contributed by atoms with Gasteiger partial charge < -0.3 is 15.0 Å². The second kappa shape index (κ2) is 11.2. The third-order valence-corrected chi connectivity index (χ3v) is 8.66. The highest BCUT2D eigenvalue weighted by Crippen LogP contribution is 2.32. The van der Waals surface area contributed by atoms with Gasteiger partial charge in [-0.1, -0.05) is 40.0 Å². The molecule has 0 amide bonds. The molecule has 36 heavy (non-hydrogen) atoms. The zero-order valence-electron chi connectivity index (χ0n) is 21.2. The number of imidazole rings is 1. The highest BCUT2D eigenvalue weighted by molar-refractivity contribution is 9.10. The Kier molecular flexibility index (Phi) is 8.38. The molecule has 0 unspecified atom stereocenters. The molecule has 2 heterocycles. The minimum atomic E-state index is -3.84. The first-order valence-corrected chi connectivity index (χ1v) is 14.9. The average molecular weight is 579 g/mol. The van der Waals surface area contributed by atoms with Crippen LogP contribution in [0.15, 0.2) is 39.8 Å². The summed E-state index contributed by atoms with van der Waals surface area (Å²) in [6, 6.07) is 7.14. The zero-order chi connectivity index (χ0) is 25.9. The second-order valence-electron chi connectivity index (χ2n) is 10.6. The second-order valence-corrected chi connectivity index (χ2v) is 13.1. The number of aliphatic hydroxyl groups excluding tert-OH is 1. The summed E-state index contributed by atoms with van der Waals surface area (Å²) >= 11 is 3.41. The Morgan fingerprint density at radius 3 is 2.58 bits per heavy atom. The van der Waals surface area contributed by atoms with Crippen LogP contribution < -0.4 is 10.0 Å². The van der Waals surface area contributed by atoms with E-state index >= 15 is 0 Å². The van der Waals surface area contributed by atoms with Gasteiger partial charge in [0, 0.05) is 35.7 Å². The van der Waals surface area contributed by atoms with Crippen LogP contribution in [0.3, 0.4) is 0 Å². The quantitative estimate of drug-likeness (QED) is 0.310. The number of pyridine rings is 1. The molecule has 3 N–H and O–H groups in total. The number of fused-ring (bicyclic) bond motifs is 1. The third-order valence-electron chi connectivity index (χ3n) is 6.62. The first-order valence-electron chi connectivity index (χ1n) is 12.6. The number of halogens is 1. The normalized spacial score (nSPS) is 15.5. The van der Waals surface area contributed by atoms with Gasteiger partial charge >= 0.3 is 0 Å². The Hall–Kier alpha value is -2.01. The van der Waals surface area contributed by atoms with Gasteiger partial charge in [-0.15, -0.1) is 0 Å². The lowest BCUT2D eigenvalue weighted by Crippen LogP contribution is -2.22. The van der Waals surface area contributed by atoms with Crippen LogP contribution in [0.1, 0.15) is 64.4 Å². The number of aromatic nitrogens is 3. The fourth-order valence-electron chi connectivity index (χ4n) is 4.80. The Morgan fingerprint density at radius 1 is 1.17 bits per heavy atom. The van der Waals surface area contributed by atoms with Gasteiger partial charge in [-0.2, -0.15) is 0 Å². The van der Waals surface area contributed by atoms with Gasteiger partial charge in [0.1, 0.15) is 10.7 Å². The predicted molar refractivity (Wildman–Crippen MR) is 147 cm³/mol. The Bertz CT molecular complexity index is 1310. The summed E-state index contributed by atoms with van der Waals surface area (Å²) in [4.78, 5) is 9.31. The van der Waals surface area contributed by atoms with Crippen LogP contribution in [0.2, 0.25) is 0 Å². The zero-order valence-corrected chi connectivity index (χ0v) is 23.6. The molecule has 1 aliphatic carbocycles. The molecular formula is C26H36BrN5O3S. The van der Waals surface area contributed by atoms with Crippen LogP contribution in [0, 0.1) is 5.92 Å². The number of hydrogen-bond acceptors (Lipinski definition) is 6. The summed E-state index contributed by atoms with van der Waals surface area (Å²) in [6.45, 7) is 8.34. The van der Waals surface area contributed by atoms with Crippen molar-refractivity contribution in [1.29, 1.82) is 0 Å². The van der Waals surface area contributed by atoms with Crippen molar-refractivity contribution >= 4 is 42.7 Å². The van der Waals surface area contributed by atoms with Gasteiger partial charge in [-0.3, -0.25) is 9.71 Å². The summed E-state index contributed by atoms with van der Waals surface area (Å²) in [5.74, 6) is 1.68. The van der Waals surface area contributed by atoms with Crippen molar-refractivity contribution in [2.45, 2.75) is 76.3 Å². The number of hydrogen-bond donors (Lipinski definition) is 3. The van der Waals surface area contributed by atoms with Crippen LogP contribution in [-0.2, 0) is 28.5 Å². The monoisotopic (exact) mass is 577 g/mol. The highest BCUT2D eigenvalue weighted by atomic mass is 79.9. The summed E-state index contributed by atoms with van der Waals surface area (Å²) in [5, 5.41) is 11.9. The van der Waals surface area contributed by atoms with Gasteiger partial charge in [0.25, 0.3) is 10.0 Å². The van der Waals surface area contributed by atoms with Crippen molar-refractivity contribution in [2.75, 3.05) is 17.9 Å². The molecule has 3 aromatic rings. The molecule has 0 aliphatic heterocycles. The fourth-order valence-corrected chi connectivity index (χ4v) is 6.46. The van der Waals surface area contributed by atoms with Crippen molar-refractivity contribution in [3.05, 3.63) is 46.5 Å². The molecule has 1 aliphatic rings. The Labute approximate surface area is 222 Å². The topological polar surface area (TPSA) is 109 Å². The summed E-state index contributed by atoms with van der Waals surface area (Å²) in [6.07, 6.45) is 7.75. The van der Waals surface area contributed by atoms with Gasteiger partial charge in [-0.05, 0) is 59.0 Å². The Balaban J connectivity index is 1.59. The molecule has 0 atom stereocenters. The first kappa shape index (κ1) is 27.0. The number of benzene rings is 1. The minimum absolute atomic E-state index is 0.0222. The lowest BCUT2D eigenvalue weighted by molar-refractivity contribution is 0.291. The summed E-state index contributed by atoms with van der Waals surface area (Å²) in [7, 11) is -3.84. The molecule has 196 valence electrons. The van der Waals surface area contributed by atoms with Crippen LogP contribution >= 0.6 is 15.9 Å². The number of nitrogens with one attached hydrogen (secondary N) is 2. The minimum Gasteiger partial charge on any atom is -0.395 e. The van der Waals surface area contributed by atoms with Crippen LogP contribution in [0.5, 0.6) is 0 Å². The van der Waals surface area contributed by atoms with E-state index in [0.29, 0.717) is 34.9 Å². The van der Waals surface area contributed by atoms with Crippen LogP contribution in [0.4, 0.5) is 5.69 Å². The number of aliphatic hydroxyl groups is 1. The number of rotatable bonds is 9. The van der Waals surface area contributed by atoms with Crippen LogP contribution in [-0.4, -0.2) is 41.2 Å². The molecule has 1 aromatic carbocycles. The van der Waals surface area contributed by atoms with E-state index in [-0.39, 0.29) is 16.9 Å². The molecule has 0 saturated heterocycles. The van der Waals surface area contributed by atoms with E-state index in [1.807, 2.05) is 12.1 Å². The number of nitrogens with zero attached hydrogens (tertiary/aromatic N) is 3. The SMILES string of the molecule is CC(C)(C)c1nc2cc(NS(=O)(=O)c3cnc(CNCCO)c(Br)c3)ccc2n1CC1CCCCC1. The van der Waals surface area contributed by atoms with Crippen molar-refractivity contribution in [3.8, 4) is 0 Å². The van der Waals surface area contributed by atoms with E-state index < -0.39 is 10.0 Å². The maximum atomic E-state index is 13.1. The summed E-state index contributed by atoms with van der Waals surface area (Å²) < 4.78 is 31.8. The van der Waals surface area contributed by atoms with E-state index in [1.165, 1.54) is 38.3 Å². The van der Waals surface area contributed by atoms with Gasteiger partial charge in [0.05, 0.1) is 29.0 Å². The standard InChI is InChI=1S/C26H36BrN5O3S/c1-26(2,3)25-30-22-13-19(9-10-24(22)32(25)17-18-7-5-4-6-8-18)31-36(34,35)20-14-21(27)23(29-15-20)16-28-11-12-33/h9-10,13-15,18,28,31,33H,4-8,11-12,16-17H2,1-3H3. The predicted octanol–water partition coefficient (Wildman–Crippen LogP) is 4.95. The van der Waals surface area contributed by atoms with Crippen molar-refractivity contribution in [1.82, 2.24) is 19.9 Å². The number of anilines is 1. The largest absolute Gasteiger partial charge is 0.395 e. The first-order chi connectivity index (χ1) is 17.1. The molecule has 8 nitrogen and oxygen atoms in total. The van der Waals surface area contributed by atoms with E-state index in [9.17, 15) is 8.42 Å². The average Bonchev–Trinajstić information content (AvgIpc) is 3.18. The van der Waals surface area contributed by atoms with Crippen molar-refractivity contribution in [3.63, 3.8) is 0 Å². The highest BCUT2D eigenvalue weighted by Gasteiger charge is 2.26. The van der Waals surface area contributed by atoms with Gasteiger partial charge in [-0.25, -0.2) is 13.4 Å². The van der Waals surface area contributed by atoms with Gasteiger partial charge in [0.15, 0.2) is 0 Å². The van der Waals surface area contributed by atoms with E-state index in [4.69, 9.17) is 10.1 Å². The molecule has 0 bridgehead atoms. The van der Waals surface area contributed by atoms with Crippen molar-refractivity contribution in [2.24, 2.45) is 5.92 Å². The number of sulfonamides is 1. The van der Waals surface area contributed by atoms with E-state index in [1.54, 1.807) is 12.1 Å². The molecule has 0 radical (unpaired) electrons. The lowest BCUT2D eigenvalue weighted by Gasteiger charge is -2.26. The van der Waals surface area contributed by atoms with E-state index in [0.717, 1.165) is 23.4 Å².